The Labute approximate surface area is 150 Å². The number of hydrogen-bond acceptors (Lipinski definition) is 5. The lowest BCUT2D eigenvalue weighted by Gasteiger charge is -2.44. The van der Waals surface area contributed by atoms with Gasteiger partial charge in [0.15, 0.2) is 0 Å². The number of β-lactam (4-membered cyclic amide) rings is 1. The molecule has 2 fully saturated rings. The SMILES string of the molecule is CC(OC(=O)C(C)(C)C)[C@H]1C(=O)N[C@@H]1[C@@H](C)C(=O)N1CCN(C)CC1. The number of carbonyl (C=O) groups excluding carboxylic acids is 3. The van der Waals surface area contributed by atoms with Crippen LogP contribution in [-0.2, 0) is 19.1 Å². The molecule has 0 aromatic carbocycles. The van der Waals surface area contributed by atoms with Crippen molar-refractivity contribution in [1.29, 1.82) is 0 Å². The van der Waals surface area contributed by atoms with E-state index in [1.54, 1.807) is 27.7 Å². The zero-order valence-electron chi connectivity index (χ0n) is 16.2. The van der Waals surface area contributed by atoms with Crippen LogP contribution in [0.15, 0.2) is 0 Å². The molecule has 1 unspecified atom stereocenters. The van der Waals surface area contributed by atoms with Crippen molar-refractivity contribution in [3.63, 3.8) is 0 Å². The summed E-state index contributed by atoms with van der Waals surface area (Å²) in [6, 6.07) is -0.289. The first kappa shape index (κ1) is 19.7. The van der Waals surface area contributed by atoms with E-state index < -0.39 is 17.4 Å². The molecule has 2 aliphatic heterocycles. The number of likely N-dealkylation sites (N-methyl/N-ethyl adjacent to an activating group) is 1. The van der Waals surface area contributed by atoms with Crippen molar-refractivity contribution in [2.45, 2.75) is 46.8 Å². The molecule has 0 spiro atoms. The summed E-state index contributed by atoms with van der Waals surface area (Å²) in [7, 11) is 2.04. The molecule has 2 amide bonds. The zero-order chi connectivity index (χ0) is 18.9. The van der Waals surface area contributed by atoms with Crippen molar-refractivity contribution in [3.05, 3.63) is 0 Å². The lowest BCUT2D eigenvalue weighted by Crippen LogP contribution is -2.67. The fourth-order valence-electron chi connectivity index (χ4n) is 3.25. The molecule has 1 N–H and O–H groups in total. The first-order chi connectivity index (χ1) is 11.5. The minimum atomic E-state index is -0.620. The molecule has 0 aromatic heterocycles. The molecule has 0 aromatic rings. The van der Waals surface area contributed by atoms with Gasteiger partial charge in [-0.25, -0.2) is 0 Å². The van der Waals surface area contributed by atoms with E-state index in [0.717, 1.165) is 13.1 Å². The van der Waals surface area contributed by atoms with Crippen LogP contribution in [0.5, 0.6) is 0 Å². The van der Waals surface area contributed by atoms with Crippen LogP contribution in [0.4, 0.5) is 0 Å². The minimum absolute atomic E-state index is 0.0532. The summed E-state index contributed by atoms with van der Waals surface area (Å²) in [4.78, 5) is 40.9. The van der Waals surface area contributed by atoms with Gasteiger partial charge < -0.3 is 19.9 Å². The molecule has 25 heavy (non-hydrogen) atoms. The van der Waals surface area contributed by atoms with Crippen LogP contribution in [0.25, 0.3) is 0 Å². The Hall–Kier alpha value is -1.63. The summed E-state index contributed by atoms with van der Waals surface area (Å²) in [6.45, 7) is 12.0. The third kappa shape index (κ3) is 4.32. The summed E-state index contributed by atoms with van der Waals surface area (Å²) in [5, 5.41) is 2.83. The minimum Gasteiger partial charge on any atom is -0.461 e. The van der Waals surface area contributed by atoms with Crippen molar-refractivity contribution in [1.82, 2.24) is 15.1 Å². The highest BCUT2D eigenvalue weighted by Gasteiger charge is 2.50. The monoisotopic (exact) mass is 353 g/mol. The van der Waals surface area contributed by atoms with Gasteiger partial charge in [0.1, 0.15) is 6.10 Å². The topological polar surface area (TPSA) is 78.9 Å². The number of nitrogens with one attached hydrogen (secondary N) is 1. The average molecular weight is 353 g/mol. The van der Waals surface area contributed by atoms with Crippen molar-refractivity contribution >= 4 is 17.8 Å². The van der Waals surface area contributed by atoms with E-state index in [1.807, 2.05) is 18.9 Å². The number of piperazine rings is 1. The van der Waals surface area contributed by atoms with Gasteiger partial charge in [0, 0.05) is 26.2 Å². The van der Waals surface area contributed by atoms with Crippen LogP contribution in [0.2, 0.25) is 0 Å². The van der Waals surface area contributed by atoms with Crippen LogP contribution < -0.4 is 5.32 Å². The largest absolute Gasteiger partial charge is 0.461 e. The summed E-state index contributed by atoms with van der Waals surface area (Å²) in [6.07, 6.45) is -0.548. The first-order valence-electron chi connectivity index (χ1n) is 9.01. The molecule has 7 heteroatoms. The Morgan fingerprint density at radius 1 is 1.16 bits per heavy atom. The van der Waals surface area contributed by atoms with Crippen LogP contribution in [0.3, 0.4) is 0 Å². The third-order valence-electron chi connectivity index (χ3n) is 5.15. The van der Waals surface area contributed by atoms with E-state index in [2.05, 4.69) is 10.2 Å². The summed E-state index contributed by atoms with van der Waals surface area (Å²) in [5.74, 6) is -1.24. The smallest absolute Gasteiger partial charge is 0.311 e. The molecule has 7 nitrogen and oxygen atoms in total. The molecule has 0 aliphatic carbocycles. The fraction of sp³-hybridized carbons (Fsp3) is 0.833. The van der Waals surface area contributed by atoms with Gasteiger partial charge in [-0.1, -0.05) is 6.92 Å². The van der Waals surface area contributed by atoms with Gasteiger partial charge in [0.05, 0.1) is 23.3 Å². The van der Waals surface area contributed by atoms with Gasteiger partial charge in [0.25, 0.3) is 0 Å². The lowest BCUT2D eigenvalue weighted by molar-refractivity contribution is -0.167. The highest BCUT2D eigenvalue weighted by Crippen LogP contribution is 2.30. The van der Waals surface area contributed by atoms with Gasteiger partial charge in [-0.15, -0.1) is 0 Å². The summed E-state index contributed by atoms with van der Waals surface area (Å²) >= 11 is 0. The van der Waals surface area contributed by atoms with E-state index in [9.17, 15) is 14.4 Å². The Morgan fingerprint density at radius 3 is 2.20 bits per heavy atom. The summed E-state index contributed by atoms with van der Waals surface area (Å²) < 4.78 is 5.48. The molecule has 2 saturated heterocycles. The molecule has 2 rings (SSSR count). The van der Waals surface area contributed by atoms with E-state index in [-0.39, 0.29) is 29.7 Å². The van der Waals surface area contributed by atoms with E-state index in [4.69, 9.17) is 4.74 Å². The molecular weight excluding hydrogens is 322 g/mol. The quantitative estimate of drug-likeness (QED) is 0.588. The maximum atomic E-state index is 12.7. The molecule has 142 valence electrons. The fourth-order valence-corrected chi connectivity index (χ4v) is 3.25. The highest BCUT2D eigenvalue weighted by atomic mass is 16.5. The number of amides is 2. The number of hydrogen-bond donors (Lipinski definition) is 1. The second-order valence-electron chi connectivity index (χ2n) is 8.34. The molecule has 0 radical (unpaired) electrons. The maximum Gasteiger partial charge on any atom is 0.311 e. The highest BCUT2D eigenvalue weighted by molar-refractivity contribution is 5.90. The predicted octanol–water partition coefficient (Wildman–Crippen LogP) is 0.489. The second-order valence-corrected chi connectivity index (χ2v) is 8.34. The van der Waals surface area contributed by atoms with Crippen molar-refractivity contribution in [3.8, 4) is 0 Å². The van der Waals surface area contributed by atoms with Gasteiger partial charge in [0.2, 0.25) is 11.8 Å². The van der Waals surface area contributed by atoms with E-state index in [1.165, 1.54) is 0 Å². The first-order valence-corrected chi connectivity index (χ1v) is 9.01. The Kier molecular flexibility index (Phi) is 5.76. The van der Waals surface area contributed by atoms with E-state index >= 15 is 0 Å². The number of esters is 1. The van der Waals surface area contributed by atoms with Crippen LogP contribution >= 0.6 is 0 Å². The molecular formula is C18H31N3O4. The van der Waals surface area contributed by atoms with Crippen molar-refractivity contribution in [2.75, 3.05) is 33.2 Å². The van der Waals surface area contributed by atoms with Crippen LogP contribution in [0.1, 0.15) is 34.6 Å². The Balaban J connectivity index is 1.97. The number of carbonyl (C=O) groups is 3. The third-order valence-corrected chi connectivity index (χ3v) is 5.15. The van der Waals surface area contributed by atoms with Crippen molar-refractivity contribution in [2.24, 2.45) is 17.3 Å². The molecule has 2 aliphatic rings. The normalized spacial score (nSPS) is 27.1. The average Bonchev–Trinajstić information content (AvgIpc) is 2.50. The van der Waals surface area contributed by atoms with E-state index in [0.29, 0.717) is 13.1 Å². The zero-order valence-corrected chi connectivity index (χ0v) is 16.2. The number of ether oxygens (including phenoxy) is 1. The molecule has 0 saturated carbocycles. The van der Waals surface area contributed by atoms with Gasteiger partial charge >= 0.3 is 5.97 Å². The molecule has 4 atom stereocenters. The van der Waals surface area contributed by atoms with Gasteiger partial charge in [-0.2, -0.15) is 0 Å². The Morgan fingerprint density at radius 2 is 1.72 bits per heavy atom. The van der Waals surface area contributed by atoms with Crippen LogP contribution in [0, 0.1) is 17.3 Å². The molecule has 0 bridgehead atoms. The number of rotatable bonds is 4. The number of nitrogens with zero attached hydrogens (tertiary/aromatic N) is 2. The maximum absolute atomic E-state index is 12.7. The lowest BCUT2D eigenvalue weighted by atomic mass is 9.78. The summed E-state index contributed by atoms with van der Waals surface area (Å²) in [5.41, 5.74) is -0.620. The molecule has 2 heterocycles. The van der Waals surface area contributed by atoms with Gasteiger partial charge in [-0.05, 0) is 34.7 Å². The van der Waals surface area contributed by atoms with Crippen LogP contribution in [-0.4, -0.2) is 73.0 Å². The predicted molar refractivity (Wildman–Crippen MR) is 93.7 cm³/mol. The van der Waals surface area contributed by atoms with Crippen molar-refractivity contribution < 1.29 is 19.1 Å². The van der Waals surface area contributed by atoms with Gasteiger partial charge in [-0.3, -0.25) is 14.4 Å². The standard InChI is InChI=1S/C18H31N3O4/c1-11(16(23)21-9-7-20(6)8-10-21)14-13(15(22)19-14)12(2)25-17(24)18(3,4)5/h11-14H,7-10H2,1-6H3,(H,19,22)/t11-,12?,13-,14-/m1/s1. The Bertz CT molecular complexity index is 535. The second kappa shape index (κ2) is 7.32.